The normalized spacial score (nSPS) is 16.2. The van der Waals surface area contributed by atoms with Crippen molar-refractivity contribution in [2.24, 2.45) is 5.41 Å². The first-order valence-corrected chi connectivity index (χ1v) is 9.82. The SMILES string of the molecule is CC1(C)COc2ccc(NS(=O)(=O)c3ccccc3Br)cc2NC1=O. The predicted octanol–water partition coefficient (Wildman–Crippen LogP) is 3.61. The lowest BCUT2D eigenvalue weighted by Gasteiger charge is -2.18. The number of ether oxygens (including phenoxy) is 1. The van der Waals surface area contributed by atoms with Gasteiger partial charge in [-0.05, 0) is 60.1 Å². The highest BCUT2D eigenvalue weighted by Crippen LogP contribution is 2.35. The van der Waals surface area contributed by atoms with E-state index < -0.39 is 15.4 Å². The Labute approximate surface area is 154 Å². The molecule has 25 heavy (non-hydrogen) atoms. The summed E-state index contributed by atoms with van der Waals surface area (Å²) in [5.74, 6) is 0.319. The summed E-state index contributed by atoms with van der Waals surface area (Å²) in [5.41, 5.74) is 0.0918. The fourth-order valence-corrected chi connectivity index (χ4v) is 4.36. The summed E-state index contributed by atoms with van der Waals surface area (Å²) in [6.45, 7) is 3.81. The lowest BCUT2D eigenvalue weighted by Crippen LogP contribution is -2.33. The molecule has 0 spiro atoms. The summed E-state index contributed by atoms with van der Waals surface area (Å²) in [6.07, 6.45) is 0. The van der Waals surface area contributed by atoms with Crippen LogP contribution < -0.4 is 14.8 Å². The monoisotopic (exact) mass is 424 g/mol. The minimum absolute atomic E-state index is 0.131. The minimum Gasteiger partial charge on any atom is -0.490 e. The molecule has 2 N–H and O–H groups in total. The third-order valence-electron chi connectivity index (χ3n) is 3.81. The van der Waals surface area contributed by atoms with Gasteiger partial charge in [0.25, 0.3) is 10.0 Å². The predicted molar refractivity (Wildman–Crippen MR) is 99.3 cm³/mol. The second-order valence-corrected chi connectivity index (χ2v) is 8.88. The first kappa shape index (κ1) is 17.8. The van der Waals surface area contributed by atoms with Crippen molar-refractivity contribution in [1.82, 2.24) is 0 Å². The highest BCUT2D eigenvalue weighted by atomic mass is 79.9. The van der Waals surface area contributed by atoms with E-state index in [4.69, 9.17) is 4.74 Å². The third-order valence-corrected chi connectivity index (χ3v) is 6.20. The van der Waals surface area contributed by atoms with Crippen LogP contribution >= 0.6 is 15.9 Å². The summed E-state index contributed by atoms with van der Waals surface area (Å²) in [4.78, 5) is 12.4. The highest BCUT2D eigenvalue weighted by Gasteiger charge is 2.32. The molecule has 0 saturated carbocycles. The van der Waals surface area contributed by atoms with Crippen molar-refractivity contribution in [2.75, 3.05) is 16.6 Å². The lowest BCUT2D eigenvalue weighted by molar-refractivity contribution is -0.124. The molecule has 1 heterocycles. The number of sulfonamides is 1. The number of nitrogens with one attached hydrogen (secondary N) is 2. The van der Waals surface area contributed by atoms with Gasteiger partial charge in [0.15, 0.2) is 0 Å². The van der Waals surface area contributed by atoms with Crippen LogP contribution in [0.2, 0.25) is 0 Å². The van der Waals surface area contributed by atoms with Crippen LogP contribution in [-0.2, 0) is 14.8 Å². The average molecular weight is 425 g/mol. The zero-order valence-electron chi connectivity index (χ0n) is 13.7. The van der Waals surface area contributed by atoms with Gasteiger partial charge >= 0.3 is 0 Å². The number of hydrogen-bond acceptors (Lipinski definition) is 4. The molecule has 0 saturated heterocycles. The second kappa shape index (κ2) is 6.34. The molecular weight excluding hydrogens is 408 g/mol. The molecule has 0 radical (unpaired) electrons. The van der Waals surface area contributed by atoms with Crippen LogP contribution in [0.25, 0.3) is 0 Å². The van der Waals surface area contributed by atoms with Gasteiger partial charge in [0.05, 0.1) is 16.8 Å². The van der Waals surface area contributed by atoms with E-state index in [1.165, 1.54) is 6.07 Å². The van der Waals surface area contributed by atoms with E-state index in [-0.39, 0.29) is 17.4 Å². The van der Waals surface area contributed by atoms with Gasteiger partial charge in [-0.3, -0.25) is 9.52 Å². The molecule has 2 aromatic rings. The van der Waals surface area contributed by atoms with Gasteiger partial charge in [-0.15, -0.1) is 0 Å². The lowest BCUT2D eigenvalue weighted by atomic mass is 9.94. The van der Waals surface area contributed by atoms with Crippen LogP contribution in [-0.4, -0.2) is 20.9 Å². The number of anilines is 2. The molecule has 0 atom stereocenters. The number of carbonyl (C=O) groups is 1. The van der Waals surface area contributed by atoms with E-state index in [0.717, 1.165) is 0 Å². The molecule has 0 aromatic heterocycles. The summed E-state index contributed by atoms with van der Waals surface area (Å²) < 4.78 is 33.8. The largest absolute Gasteiger partial charge is 0.490 e. The molecule has 1 amide bonds. The van der Waals surface area contributed by atoms with Gasteiger partial charge in [0.1, 0.15) is 17.3 Å². The molecule has 8 heteroatoms. The molecule has 2 aromatic carbocycles. The van der Waals surface area contributed by atoms with Crippen LogP contribution in [0.15, 0.2) is 51.8 Å². The first-order valence-electron chi connectivity index (χ1n) is 7.55. The Balaban J connectivity index is 1.91. The Morgan fingerprint density at radius 1 is 1.20 bits per heavy atom. The Bertz CT molecular complexity index is 941. The van der Waals surface area contributed by atoms with Gasteiger partial charge in [-0.1, -0.05) is 12.1 Å². The van der Waals surface area contributed by atoms with Crippen molar-refractivity contribution in [2.45, 2.75) is 18.7 Å². The minimum atomic E-state index is -3.77. The zero-order valence-corrected chi connectivity index (χ0v) is 16.1. The smallest absolute Gasteiger partial charge is 0.263 e. The van der Waals surface area contributed by atoms with Crippen LogP contribution in [0.4, 0.5) is 11.4 Å². The summed E-state index contributed by atoms with van der Waals surface area (Å²) >= 11 is 3.24. The molecule has 3 rings (SSSR count). The van der Waals surface area contributed by atoms with Crippen molar-refractivity contribution in [1.29, 1.82) is 0 Å². The van der Waals surface area contributed by atoms with E-state index in [1.54, 1.807) is 50.2 Å². The van der Waals surface area contributed by atoms with E-state index in [1.807, 2.05) is 0 Å². The van der Waals surface area contributed by atoms with Crippen LogP contribution in [0.1, 0.15) is 13.8 Å². The fraction of sp³-hybridized carbons (Fsp3) is 0.235. The summed E-state index contributed by atoms with van der Waals surface area (Å²) in [7, 11) is -3.77. The maximum atomic E-state index is 12.6. The van der Waals surface area contributed by atoms with Crippen LogP contribution in [0, 0.1) is 5.41 Å². The van der Waals surface area contributed by atoms with E-state index in [2.05, 4.69) is 26.0 Å². The number of hydrogen-bond donors (Lipinski definition) is 2. The quantitative estimate of drug-likeness (QED) is 0.787. The van der Waals surface area contributed by atoms with E-state index in [9.17, 15) is 13.2 Å². The number of fused-ring (bicyclic) bond motifs is 1. The van der Waals surface area contributed by atoms with Crippen molar-refractivity contribution in [3.05, 3.63) is 46.9 Å². The molecule has 132 valence electrons. The number of rotatable bonds is 3. The van der Waals surface area contributed by atoms with E-state index in [0.29, 0.717) is 21.6 Å². The Kier molecular flexibility index (Phi) is 4.51. The van der Waals surface area contributed by atoms with Gasteiger partial charge in [-0.2, -0.15) is 0 Å². The number of halogens is 1. The highest BCUT2D eigenvalue weighted by molar-refractivity contribution is 9.10. The first-order chi connectivity index (χ1) is 11.7. The van der Waals surface area contributed by atoms with Gasteiger partial charge < -0.3 is 10.1 Å². The number of carbonyl (C=O) groups excluding carboxylic acids is 1. The van der Waals surface area contributed by atoms with Gasteiger partial charge in [0.2, 0.25) is 5.91 Å². The molecular formula is C17H17BrN2O4S. The Hall–Kier alpha value is -2.06. The van der Waals surface area contributed by atoms with Crippen molar-refractivity contribution >= 4 is 43.2 Å². The fourth-order valence-electron chi connectivity index (χ4n) is 2.31. The standard InChI is InChI=1S/C17H17BrN2O4S/c1-17(2)10-24-14-8-7-11(9-13(14)19-16(17)21)20-25(22,23)15-6-4-3-5-12(15)18/h3-9,20H,10H2,1-2H3,(H,19,21). The van der Waals surface area contributed by atoms with E-state index >= 15 is 0 Å². The molecule has 1 aliphatic heterocycles. The Morgan fingerprint density at radius 2 is 1.92 bits per heavy atom. The number of amides is 1. The van der Waals surface area contributed by atoms with Crippen molar-refractivity contribution in [3.63, 3.8) is 0 Å². The second-order valence-electron chi connectivity index (χ2n) is 6.37. The molecule has 0 unspecified atom stereocenters. The van der Waals surface area contributed by atoms with Crippen molar-refractivity contribution < 1.29 is 17.9 Å². The number of benzene rings is 2. The molecule has 6 nitrogen and oxygen atoms in total. The maximum absolute atomic E-state index is 12.6. The third kappa shape index (κ3) is 3.64. The molecule has 0 aliphatic carbocycles. The maximum Gasteiger partial charge on any atom is 0.263 e. The van der Waals surface area contributed by atoms with Crippen molar-refractivity contribution in [3.8, 4) is 5.75 Å². The summed E-state index contributed by atoms with van der Waals surface area (Å²) in [5, 5.41) is 2.78. The van der Waals surface area contributed by atoms with Crippen LogP contribution in [0.5, 0.6) is 5.75 Å². The zero-order chi connectivity index (χ0) is 18.2. The summed E-state index contributed by atoms with van der Waals surface area (Å²) in [6, 6.07) is 11.3. The van der Waals surface area contributed by atoms with Gasteiger partial charge in [-0.25, -0.2) is 8.42 Å². The molecule has 0 fully saturated rings. The topological polar surface area (TPSA) is 84.5 Å². The molecule has 1 aliphatic rings. The molecule has 0 bridgehead atoms. The van der Waals surface area contributed by atoms with Crippen LogP contribution in [0.3, 0.4) is 0 Å². The average Bonchev–Trinajstić information content (AvgIpc) is 2.64. The Morgan fingerprint density at radius 3 is 2.64 bits per heavy atom. The van der Waals surface area contributed by atoms with Gasteiger partial charge in [0, 0.05) is 4.47 Å².